The maximum Gasteiger partial charge on any atom is 0.215 e. The van der Waals surface area contributed by atoms with Gasteiger partial charge in [0.25, 0.3) is 0 Å². The summed E-state index contributed by atoms with van der Waals surface area (Å²) in [6, 6.07) is 5.61. The number of fused-ring (bicyclic) bond motifs is 1. The lowest BCUT2D eigenvalue weighted by Crippen LogP contribution is -2.27. The van der Waals surface area contributed by atoms with Crippen molar-refractivity contribution in [2.75, 3.05) is 13.2 Å². The highest BCUT2D eigenvalue weighted by atomic mass is 32.2. The standard InChI is InChI=1S/C16H20FN3O3S/c1-20-16-6-8-23-10-14(16)15(19-20)5-7-18-24(21,22)11-12-3-2-4-13(17)9-12/h2-4,9,18H,5-8,10-11H2,1H3. The second kappa shape index (κ2) is 7.00. The van der Waals surface area contributed by atoms with E-state index in [-0.39, 0.29) is 12.3 Å². The van der Waals surface area contributed by atoms with Gasteiger partial charge in [-0.25, -0.2) is 17.5 Å². The Morgan fingerprint density at radius 3 is 3.04 bits per heavy atom. The maximum atomic E-state index is 13.1. The smallest absolute Gasteiger partial charge is 0.215 e. The average Bonchev–Trinajstić information content (AvgIpc) is 2.84. The van der Waals surface area contributed by atoms with Crippen molar-refractivity contribution in [3.63, 3.8) is 0 Å². The summed E-state index contributed by atoms with van der Waals surface area (Å²) in [6.45, 7) is 1.46. The van der Waals surface area contributed by atoms with Gasteiger partial charge in [0, 0.05) is 37.7 Å². The topological polar surface area (TPSA) is 73.2 Å². The van der Waals surface area contributed by atoms with Crippen LogP contribution in [0.2, 0.25) is 0 Å². The number of nitrogens with zero attached hydrogens (tertiary/aromatic N) is 2. The highest BCUT2D eigenvalue weighted by Gasteiger charge is 2.20. The Morgan fingerprint density at radius 2 is 2.25 bits per heavy atom. The van der Waals surface area contributed by atoms with Crippen molar-refractivity contribution in [1.29, 1.82) is 0 Å². The molecule has 0 aliphatic carbocycles. The Morgan fingerprint density at radius 1 is 1.42 bits per heavy atom. The molecule has 2 heterocycles. The Hall–Kier alpha value is -1.77. The van der Waals surface area contributed by atoms with E-state index in [4.69, 9.17) is 4.74 Å². The molecule has 1 aromatic carbocycles. The molecule has 0 fully saturated rings. The van der Waals surface area contributed by atoms with Crippen LogP contribution in [0, 0.1) is 5.82 Å². The molecule has 0 bridgehead atoms. The molecule has 24 heavy (non-hydrogen) atoms. The number of benzene rings is 1. The minimum atomic E-state index is -3.52. The molecule has 1 aliphatic rings. The zero-order valence-electron chi connectivity index (χ0n) is 13.5. The average molecular weight is 353 g/mol. The number of nitrogens with one attached hydrogen (secondary N) is 1. The van der Waals surface area contributed by atoms with Gasteiger partial charge in [0.05, 0.1) is 24.7 Å². The molecule has 1 aromatic heterocycles. The molecule has 1 aliphatic heterocycles. The largest absolute Gasteiger partial charge is 0.376 e. The molecule has 8 heteroatoms. The number of hydrogen-bond donors (Lipinski definition) is 1. The van der Waals surface area contributed by atoms with E-state index in [0.717, 1.165) is 23.4 Å². The van der Waals surface area contributed by atoms with Crippen LogP contribution in [0.1, 0.15) is 22.5 Å². The van der Waals surface area contributed by atoms with Crippen molar-refractivity contribution in [2.24, 2.45) is 7.05 Å². The highest BCUT2D eigenvalue weighted by Crippen LogP contribution is 2.20. The van der Waals surface area contributed by atoms with Crippen LogP contribution < -0.4 is 4.72 Å². The maximum absolute atomic E-state index is 13.1. The van der Waals surface area contributed by atoms with Crippen molar-refractivity contribution < 1.29 is 17.5 Å². The number of halogens is 1. The summed E-state index contributed by atoms with van der Waals surface area (Å²) in [6.07, 6.45) is 1.32. The number of rotatable bonds is 6. The normalized spacial score (nSPS) is 14.6. The molecule has 0 radical (unpaired) electrons. The lowest BCUT2D eigenvalue weighted by atomic mass is 10.1. The fourth-order valence-electron chi connectivity index (χ4n) is 2.91. The molecule has 6 nitrogen and oxygen atoms in total. The van der Waals surface area contributed by atoms with Crippen molar-refractivity contribution in [1.82, 2.24) is 14.5 Å². The van der Waals surface area contributed by atoms with E-state index >= 15 is 0 Å². The molecule has 2 aromatic rings. The van der Waals surface area contributed by atoms with Gasteiger partial charge in [-0.2, -0.15) is 5.10 Å². The summed E-state index contributed by atoms with van der Waals surface area (Å²) in [5.41, 5.74) is 3.50. The molecule has 0 unspecified atom stereocenters. The summed E-state index contributed by atoms with van der Waals surface area (Å²) in [7, 11) is -1.63. The summed E-state index contributed by atoms with van der Waals surface area (Å²) < 4.78 is 47.2. The van der Waals surface area contributed by atoms with E-state index in [0.29, 0.717) is 25.2 Å². The minimum Gasteiger partial charge on any atom is -0.376 e. The monoisotopic (exact) mass is 353 g/mol. The first-order valence-electron chi connectivity index (χ1n) is 7.78. The van der Waals surface area contributed by atoms with Crippen molar-refractivity contribution >= 4 is 10.0 Å². The second-order valence-electron chi connectivity index (χ2n) is 5.83. The van der Waals surface area contributed by atoms with Gasteiger partial charge in [-0.1, -0.05) is 12.1 Å². The van der Waals surface area contributed by atoms with Gasteiger partial charge in [0.15, 0.2) is 0 Å². The number of sulfonamides is 1. The first kappa shape index (κ1) is 17.1. The number of aromatic nitrogens is 2. The summed E-state index contributed by atoms with van der Waals surface area (Å²) in [4.78, 5) is 0. The lowest BCUT2D eigenvalue weighted by Gasteiger charge is -2.13. The van der Waals surface area contributed by atoms with E-state index in [1.165, 1.54) is 18.2 Å². The Kier molecular flexibility index (Phi) is 4.98. The molecule has 0 spiro atoms. The van der Waals surface area contributed by atoms with Crippen molar-refractivity contribution in [3.05, 3.63) is 52.6 Å². The van der Waals surface area contributed by atoms with Crippen LogP contribution in [0.3, 0.4) is 0 Å². The Bertz CT molecular complexity index is 833. The van der Waals surface area contributed by atoms with Crippen LogP contribution in [-0.2, 0) is 47.0 Å². The lowest BCUT2D eigenvalue weighted by molar-refractivity contribution is 0.108. The SMILES string of the molecule is Cn1nc(CCNS(=O)(=O)Cc2cccc(F)c2)c2c1CCOC2. The van der Waals surface area contributed by atoms with Crippen molar-refractivity contribution in [3.8, 4) is 0 Å². The third kappa shape index (κ3) is 4.00. The van der Waals surface area contributed by atoms with Crippen LogP contribution in [0.25, 0.3) is 0 Å². The van der Waals surface area contributed by atoms with Crippen LogP contribution in [0.4, 0.5) is 4.39 Å². The van der Waals surface area contributed by atoms with Crippen molar-refractivity contribution in [2.45, 2.75) is 25.2 Å². The summed E-state index contributed by atoms with van der Waals surface area (Å²) >= 11 is 0. The molecule has 130 valence electrons. The number of ether oxygens (including phenoxy) is 1. The molecular formula is C16H20FN3O3S. The molecule has 0 saturated carbocycles. The third-order valence-electron chi connectivity index (χ3n) is 4.02. The van der Waals surface area contributed by atoms with Gasteiger partial charge in [-0.3, -0.25) is 4.68 Å². The summed E-state index contributed by atoms with van der Waals surface area (Å²) in [5.74, 6) is -0.684. The zero-order chi connectivity index (χ0) is 17.2. The zero-order valence-corrected chi connectivity index (χ0v) is 14.3. The van der Waals surface area contributed by atoms with Gasteiger partial charge < -0.3 is 4.74 Å². The first-order chi connectivity index (χ1) is 11.4. The molecule has 1 N–H and O–H groups in total. The first-order valence-corrected chi connectivity index (χ1v) is 9.43. The van der Waals surface area contributed by atoms with Crippen LogP contribution in [-0.4, -0.2) is 31.3 Å². The second-order valence-corrected chi connectivity index (χ2v) is 7.64. The summed E-state index contributed by atoms with van der Waals surface area (Å²) in [5, 5.41) is 4.46. The van der Waals surface area contributed by atoms with E-state index in [2.05, 4.69) is 9.82 Å². The molecule has 0 saturated heterocycles. The van der Waals surface area contributed by atoms with Gasteiger partial charge in [-0.05, 0) is 17.7 Å². The fourth-order valence-corrected chi connectivity index (χ4v) is 4.04. The molecule has 3 rings (SSSR count). The molecule has 0 atom stereocenters. The predicted molar refractivity (Wildman–Crippen MR) is 87.3 cm³/mol. The van der Waals surface area contributed by atoms with Crippen LogP contribution in [0.5, 0.6) is 0 Å². The van der Waals surface area contributed by atoms with E-state index in [9.17, 15) is 12.8 Å². The minimum absolute atomic E-state index is 0.242. The quantitative estimate of drug-likeness (QED) is 0.849. The Balaban J connectivity index is 1.60. The van der Waals surface area contributed by atoms with Gasteiger partial charge in [-0.15, -0.1) is 0 Å². The van der Waals surface area contributed by atoms with Crippen LogP contribution in [0.15, 0.2) is 24.3 Å². The predicted octanol–water partition coefficient (Wildman–Crippen LogP) is 1.29. The third-order valence-corrected chi connectivity index (χ3v) is 5.37. The van der Waals surface area contributed by atoms with Gasteiger partial charge >= 0.3 is 0 Å². The van der Waals surface area contributed by atoms with E-state index in [1.807, 2.05) is 11.7 Å². The fraction of sp³-hybridized carbons (Fsp3) is 0.438. The van der Waals surface area contributed by atoms with E-state index in [1.54, 1.807) is 6.07 Å². The molecule has 0 amide bonds. The van der Waals surface area contributed by atoms with E-state index < -0.39 is 15.8 Å². The Labute approximate surface area is 140 Å². The van der Waals surface area contributed by atoms with Crippen LogP contribution >= 0.6 is 0 Å². The molecular weight excluding hydrogens is 333 g/mol. The number of aryl methyl sites for hydroxylation is 1. The van der Waals surface area contributed by atoms with Gasteiger partial charge in [0.2, 0.25) is 10.0 Å². The van der Waals surface area contributed by atoms with Gasteiger partial charge in [0.1, 0.15) is 5.82 Å². The number of hydrogen-bond acceptors (Lipinski definition) is 4. The highest BCUT2D eigenvalue weighted by molar-refractivity contribution is 7.88.